The average molecular weight is 398 g/mol. The van der Waals surface area contributed by atoms with Crippen LogP contribution in [0.4, 0.5) is 0 Å². The molecule has 0 amide bonds. The molecule has 0 saturated heterocycles. The number of carbonyl (C=O) groups is 1. The molecule has 0 heterocycles. The largest absolute Gasteiger partial charge is 0.497 e. The Kier molecular flexibility index (Phi) is 6.60. The molecular formula is C24H31NO4. The quantitative estimate of drug-likeness (QED) is 0.725. The summed E-state index contributed by atoms with van der Waals surface area (Å²) in [6, 6.07) is 12.9. The number of hydrogen-bond donors (Lipinski definition) is 2. The third-order valence-electron chi connectivity index (χ3n) is 6.00. The van der Waals surface area contributed by atoms with Crippen LogP contribution in [-0.2, 0) is 0 Å². The molecular weight excluding hydrogens is 366 g/mol. The fourth-order valence-corrected chi connectivity index (χ4v) is 4.43. The van der Waals surface area contributed by atoms with Gasteiger partial charge in [-0.05, 0) is 61.8 Å². The number of carboxylic acid groups (broad SMARTS) is 1. The lowest BCUT2D eigenvalue weighted by Gasteiger charge is -2.41. The molecule has 1 aliphatic rings. The first-order valence-corrected chi connectivity index (χ1v) is 10.2. The molecule has 0 radical (unpaired) electrons. The molecule has 2 N–H and O–H groups in total. The van der Waals surface area contributed by atoms with Crippen LogP contribution in [0.15, 0.2) is 42.5 Å². The number of nitrogens with zero attached hydrogens (tertiary/aromatic N) is 1. The van der Waals surface area contributed by atoms with E-state index in [2.05, 4.69) is 4.90 Å². The Morgan fingerprint density at radius 2 is 1.76 bits per heavy atom. The van der Waals surface area contributed by atoms with E-state index in [4.69, 9.17) is 4.74 Å². The first-order chi connectivity index (χ1) is 13.8. The second-order valence-corrected chi connectivity index (χ2v) is 8.32. The fourth-order valence-electron chi connectivity index (χ4n) is 4.43. The van der Waals surface area contributed by atoms with Gasteiger partial charge in [0.25, 0.3) is 0 Å². The Bertz CT molecular complexity index is 838. The van der Waals surface area contributed by atoms with E-state index in [1.165, 1.54) is 6.42 Å². The van der Waals surface area contributed by atoms with Gasteiger partial charge in [-0.2, -0.15) is 0 Å². The van der Waals surface area contributed by atoms with E-state index in [9.17, 15) is 15.0 Å². The van der Waals surface area contributed by atoms with E-state index in [-0.39, 0.29) is 11.5 Å². The van der Waals surface area contributed by atoms with Crippen molar-refractivity contribution in [2.45, 2.75) is 43.6 Å². The van der Waals surface area contributed by atoms with Crippen LogP contribution in [0.3, 0.4) is 0 Å². The van der Waals surface area contributed by atoms with Gasteiger partial charge in [-0.15, -0.1) is 0 Å². The third kappa shape index (κ3) is 4.80. The summed E-state index contributed by atoms with van der Waals surface area (Å²) in [6.45, 7) is 0.773. The number of aromatic carboxylic acids is 1. The van der Waals surface area contributed by atoms with Crippen molar-refractivity contribution >= 4 is 5.97 Å². The Morgan fingerprint density at radius 1 is 1.10 bits per heavy atom. The summed E-state index contributed by atoms with van der Waals surface area (Å²) in [5, 5.41) is 20.9. The van der Waals surface area contributed by atoms with E-state index >= 15 is 0 Å². The number of ether oxygens (including phenoxy) is 1. The Morgan fingerprint density at radius 3 is 2.31 bits per heavy atom. The zero-order chi connectivity index (χ0) is 21.0. The summed E-state index contributed by atoms with van der Waals surface area (Å²) >= 11 is 0. The normalized spacial score (nSPS) is 17.1. The molecule has 0 spiro atoms. The van der Waals surface area contributed by atoms with Gasteiger partial charge in [-0.3, -0.25) is 0 Å². The van der Waals surface area contributed by atoms with Crippen LogP contribution >= 0.6 is 0 Å². The van der Waals surface area contributed by atoms with Gasteiger partial charge in [0.05, 0.1) is 18.3 Å². The summed E-state index contributed by atoms with van der Waals surface area (Å²) in [5.74, 6) is -0.319. The lowest BCUT2D eigenvalue weighted by molar-refractivity contribution is -0.0277. The lowest BCUT2D eigenvalue weighted by Crippen LogP contribution is -2.42. The summed E-state index contributed by atoms with van der Waals surface area (Å²) < 4.78 is 5.28. The van der Waals surface area contributed by atoms with E-state index < -0.39 is 11.6 Å². The first kappa shape index (κ1) is 21.3. The monoisotopic (exact) mass is 397 g/mol. The van der Waals surface area contributed by atoms with Crippen molar-refractivity contribution in [3.8, 4) is 16.9 Å². The summed E-state index contributed by atoms with van der Waals surface area (Å²) in [6.07, 6.45) is 4.96. The Balaban J connectivity index is 1.97. The van der Waals surface area contributed by atoms with Crippen LogP contribution in [0.1, 0.15) is 53.9 Å². The molecule has 156 valence electrons. The maximum absolute atomic E-state index is 11.7. The van der Waals surface area contributed by atoms with Crippen molar-refractivity contribution in [3.05, 3.63) is 53.6 Å². The minimum atomic E-state index is -0.964. The van der Waals surface area contributed by atoms with Crippen molar-refractivity contribution in [2.24, 2.45) is 0 Å². The van der Waals surface area contributed by atoms with Gasteiger partial charge >= 0.3 is 5.97 Å². The maximum Gasteiger partial charge on any atom is 0.336 e. The summed E-state index contributed by atoms with van der Waals surface area (Å²) in [7, 11) is 5.63. The number of aliphatic hydroxyl groups is 1. The first-order valence-electron chi connectivity index (χ1n) is 10.2. The van der Waals surface area contributed by atoms with Crippen molar-refractivity contribution in [3.63, 3.8) is 0 Å². The smallest absolute Gasteiger partial charge is 0.336 e. The predicted molar refractivity (Wildman–Crippen MR) is 115 cm³/mol. The number of benzene rings is 2. The molecule has 1 unspecified atom stereocenters. The van der Waals surface area contributed by atoms with Gasteiger partial charge in [-0.1, -0.05) is 43.5 Å². The zero-order valence-electron chi connectivity index (χ0n) is 17.5. The van der Waals surface area contributed by atoms with Gasteiger partial charge in [-0.25, -0.2) is 4.79 Å². The van der Waals surface area contributed by atoms with Crippen LogP contribution in [0.2, 0.25) is 0 Å². The van der Waals surface area contributed by atoms with E-state index in [0.29, 0.717) is 11.3 Å². The van der Waals surface area contributed by atoms with Gasteiger partial charge in [0.15, 0.2) is 0 Å². The van der Waals surface area contributed by atoms with Crippen molar-refractivity contribution in [1.29, 1.82) is 0 Å². The summed E-state index contributed by atoms with van der Waals surface area (Å²) in [5.41, 5.74) is 2.10. The number of methoxy groups -OCH3 is 1. The maximum atomic E-state index is 11.7. The Labute approximate surface area is 172 Å². The minimum absolute atomic E-state index is 0.0242. The SMILES string of the molecule is COc1ccc(C(=O)O)c(-c2ccc(C(CN(C)C)C3(O)CCCCC3)cc2)c1. The molecule has 5 nitrogen and oxygen atoms in total. The van der Waals surface area contributed by atoms with Crippen LogP contribution in [0.25, 0.3) is 11.1 Å². The molecule has 1 atom stereocenters. The Hall–Kier alpha value is -2.37. The van der Waals surface area contributed by atoms with Crippen molar-refractivity contribution < 1.29 is 19.7 Å². The van der Waals surface area contributed by atoms with Gasteiger partial charge in [0, 0.05) is 12.5 Å². The topological polar surface area (TPSA) is 70.0 Å². The number of carboxylic acids is 1. The van der Waals surface area contributed by atoms with E-state index in [0.717, 1.165) is 43.4 Å². The molecule has 0 aliphatic heterocycles. The molecule has 1 saturated carbocycles. The number of rotatable bonds is 7. The number of likely N-dealkylation sites (N-methyl/N-ethyl adjacent to an activating group) is 1. The summed E-state index contributed by atoms with van der Waals surface area (Å²) in [4.78, 5) is 13.8. The standard InChI is InChI=1S/C24H31NO4/c1-25(2)16-22(24(28)13-5-4-6-14-24)18-9-7-17(8-10-18)21-15-19(29-3)11-12-20(21)23(26)27/h7-12,15,22,28H,4-6,13-14,16H2,1-3H3,(H,26,27). The zero-order valence-corrected chi connectivity index (χ0v) is 17.5. The highest BCUT2D eigenvalue weighted by Crippen LogP contribution is 2.41. The molecule has 5 heteroatoms. The fraction of sp³-hybridized carbons (Fsp3) is 0.458. The molecule has 29 heavy (non-hydrogen) atoms. The average Bonchev–Trinajstić information content (AvgIpc) is 2.72. The second-order valence-electron chi connectivity index (χ2n) is 8.32. The highest BCUT2D eigenvalue weighted by atomic mass is 16.5. The van der Waals surface area contributed by atoms with Crippen LogP contribution in [-0.4, -0.2) is 54.4 Å². The van der Waals surface area contributed by atoms with Crippen molar-refractivity contribution in [2.75, 3.05) is 27.7 Å². The third-order valence-corrected chi connectivity index (χ3v) is 6.00. The highest BCUT2D eigenvalue weighted by Gasteiger charge is 2.38. The molecule has 0 aromatic heterocycles. The lowest BCUT2D eigenvalue weighted by atomic mass is 9.72. The predicted octanol–water partition coefficient (Wildman–Crippen LogP) is 4.40. The molecule has 2 aromatic rings. The molecule has 1 fully saturated rings. The minimum Gasteiger partial charge on any atom is -0.497 e. The van der Waals surface area contributed by atoms with E-state index in [1.54, 1.807) is 25.3 Å². The van der Waals surface area contributed by atoms with Crippen LogP contribution in [0.5, 0.6) is 5.75 Å². The van der Waals surface area contributed by atoms with Crippen LogP contribution in [0, 0.1) is 0 Å². The molecule has 1 aliphatic carbocycles. The molecule has 2 aromatic carbocycles. The second kappa shape index (κ2) is 8.97. The van der Waals surface area contributed by atoms with Gasteiger partial charge < -0.3 is 19.8 Å². The van der Waals surface area contributed by atoms with Gasteiger partial charge in [0.2, 0.25) is 0 Å². The molecule has 3 rings (SSSR count). The van der Waals surface area contributed by atoms with Crippen molar-refractivity contribution in [1.82, 2.24) is 4.90 Å². The molecule has 0 bridgehead atoms. The number of hydrogen-bond acceptors (Lipinski definition) is 4. The highest BCUT2D eigenvalue weighted by molar-refractivity contribution is 5.96. The van der Waals surface area contributed by atoms with E-state index in [1.807, 2.05) is 38.4 Å². The van der Waals surface area contributed by atoms with Gasteiger partial charge in [0.1, 0.15) is 5.75 Å². The van der Waals surface area contributed by atoms with Crippen LogP contribution < -0.4 is 4.74 Å².